The Hall–Kier alpha value is -3.35. The zero-order valence-corrected chi connectivity index (χ0v) is 16.1. The summed E-state index contributed by atoms with van der Waals surface area (Å²) in [5.41, 5.74) is 4.12. The predicted molar refractivity (Wildman–Crippen MR) is 106 cm³/mol. The van der Waals surface area contributed by atoms with Gasteiger partial charge in [0, 0.05) is 43.2 Å². The molecule has 0 spiro atoms. The highest BCUT2D eigenvalue weighted by Gasteiger charge is 2.14. The zero-order chi connectivity index (χ0) is 20.1. The third kappa shape index (κ3) is 4.49. The largest absolute Gasteiger partial charge is 0.481 e. The van der Waals surface area contributed by atoms with E-state index in [2.05, 4.69) is 10.4 Å². The van der Waals surface area contributed by atoms with E-state index < -0.39 is 5.97 Å². The van der Waals surface area contributed by atoms with Crippen molar-refractivity contribution in [3.05, 3.63) is 71.3 Å². The summed E-state index contributed by atoms with van der Waals surface area (Å²) in [4.78, 5) is 23.1. The number of nitrogens with one attached hydrogen (secondary N) is 1. The van der Waals surface area contributed by atoms with E-state index in [1.165, 1.54) is 0 Å². The van der Waals surface area contributed by atoms with Gasteiger partial charge in [-0.05, 0) is 62.2 Å². The van der Waals surface area contributed by atoms with Gasteiger partial charge in [0.25, 0.3) is 5.91 Å². The Balaban J connectivity index is 1.66. The molecule has 7 heteroatoms. The van der Waals surface area contributed by atoms with E-state index >= 15 is 0 Å². The van der Waals surface area contributed by atoms with E-state index in [0.717, 1.165) is 29.2 Å². The van der Waals surface area contributed by atoms with Gasteiger partial charge < -0.3 is 15.0 Å². The number of carbonyl (C=O) groups is 2. The normalized spacial score (nSPS) is 10.8. The highest BCUT2D eigenvalue weighted by molar-refractivity contribution is 5.94. The maximum Gasteiger partial charge on any atom is 0.303 e. The molecule has 0 aliphatic heterocycles. The molecule has 0 atom stereocenters. The van der Waals surface area contributed by atoms with Gasteiger partial charge in [0.1, 0.15) is 0 Å². The summed E-state index contributed by atoms with van der Waals surface area (Å²) >= 11 is 0. The van der Waals surface area contributed by atoms with Gasteiger partial charge in [-0.2, -0.15) is 5.10 Å². The lowest BCUT2D eigenvalue weighted by molar-refractivity contribution is -0.136. The van der Waals surface area contributed by atoms with Gasteiger partial charge in [-0.15, -0.1) is 0 Å². The van der Waals surface area contributed by atoms with Crippen molar-refractivity contribution >= 4 is 11.9 Å². The molecule has 0 bridgehead atoms. The number of rotatable bonds is 8. The van der Waals surface area contributed by atoms with Gasteiger partial charge in [0.15, 0.2) is 0 Å². The van der Waals surface area contributed by atoms with Crippen molar-refractivity contribution in [3.63, 3.8) is 0 Å². The van der Waals surface area contributed by atoms with Crippen molar-refractivity contribution in [1.29, 1.82) is 0 Å². The van der Waals surface area contributed by atoms with E-state index in [9.17, 15) is 9.59 Å². The van der Waals surface area contributed by atoms with Gasteiger partial charge in [-0.1, -0.05) is 0 Å². The summed E-state index contributed by atoms with van der Waals surface area (Å²) in [6.07, 6.45) is 4.45. The van der Waals surface area contributed by atoms with Crippen LogP contribution in [-0.2, 0) is 17.8 Å². The average molecular weight is 380 g/mol. The molecule has 0 unspecified atom stereocenters. The van der Waals surface area contributed by atoms with Gasteiger partial charge in [0.2, 0.25) is 0 Å². The lowest BCUT2D eigenvalue weighted by Crippen LogP contribution is -2.26. The van der Waals surface area contributed by atoms with Gasteiger partial charge in [0.05, 0.1) is 11.4 Å². The number of carbonyl (C=O) groups excluding carboxylic acids is 1. The monoisotopic (exact) mass is 380 g/mol. The molecule has 0 radical (unpaired) electrons. The quantitative estimate of drug-likeness (QED) is 0.629. The van der Waals surface area contributed by atoms with E-state index in [-0.39, 0.29) is 12.3 Å². The molecule has 0 aliphatic rings. The molecule has 3 aromatic rings. The molecule has 0 saturated heterocycles. The highest BCUT2D eigenvalue weighted by Crippen LogP contribution is 2.20. The van der Waals surface area contributed by atoms with Crippen molar-refractivity contribution in [3.8, 4) is 5.69 Å². The maximum absolute atomic E-state index is 12.3. The van der Waals surface area contributed by atoms with Crippen LogP contribution in [0.4, 0.5) is 0 Å². The smallest absolute Gasteiger partial charge is 0.303 e. The van der Waals surface area contributed by atoms with E-state index in [0.29, 0.717) is 18.5 Å². The average Bonchev–Trinajstić information content (AvgIpc) is 3.28. The summed E-state index contributed by atoms with van der Waals surface area (Å²) in [7, 11) is 0. The molecule has 3 rings (SSSR count). The number of hydrogen-bond donors (Lipinski definition) is 2. The van der Waals surface area contributed by atoms with Crippen molar-refractivity contribution in [1.82, 2.24) is 19.7 Å². The third-order valence-corrected chi connectivity index (χ3v) is 4.73. The molecule has 28 heavy (non-hydrogen) atoms. The van der Waals surface area contributed by atoms with Crippen LogP contribution in [0.3, 0.4) is 0 Å². The van der Waals surface area contributed by atoms with Crippen LogP contribution in [0.15, 0.2) is 48.8 Å². The van der Waals surface area contributed by atoms with E-state index in [1.54, 1.807) is 16.8 Å². The molecule has 2 aromatic heterocycles. The second kappa shape index (κ2) is 8.56. The first-order valence-corrected chi connectivity index (χ1v) is 9.22. The summed E-state index contributed by atoms with van der Waals surface area (Å²) in [5.74, 6) is -0.937. The maximum atomic E-state index is 12.3. The first kappa shape index (κ1) is 19.4. The molecule has 7 nitrogen and oxygen atoms in total. The Morgan fingerprint density at radius 1 is 1.11 bits per heavy atom. The Bertz CT molecular complexity index is 956. The van der Waals surface area contributed by atoms with Crippen LogP contribution < -0.4 is 5.32 Å². The third-order valence-electron chi connectivity index (χ3n) is 4.73. The summed E-state index contributed by atoms with van der Waals surface area (Å²) in [6, 6.07) is 11.1. The SMILES string of the molecule is Cc1nn(-c2ccc(C(=O)NCCn3cccc3)cc2)c(C)c1CCC(=O)O. The van der Waals surface area contributed by atoms with Crippen LogP contribution in [0.1, 0.15) is 33.7 Å². The second-order valence-electron chi connectivity index (χ2n) is 6.68. The van der Waals surface area contributed by atoms with Crippen LogP contribution in [0.25, 0.3) is 5.69 Å². The summed E-state index contributed by atoms with van der Waals surface area (Å²) < 4.78 is 3.80. The Morgan fingerprint density at radius 3 is 2.43 bits per heavy atom. The fraction of sp³-hybridized carbons (Fsp3) is 0.286. The molecule has 146 valence electrons. The number of nitrogens with zero attached hydrogens (tertiary/aromatic N) is 3. The fourth-order valence-corrected chi connectivity index (χ4v) is 3.19. The van der Waals surface area contributed by atoms with Crippen molar-refractivity contribution in [2.75, 3.05) is 6.54 Å². The molecule has 2 N–H and O–H groups in total. The van der Waals surface area contributed by atoms with Crippen LogP contribution in [0.5, 0.6) is 0 Å². The van der Waals surface area contributed by atoms with Gasteiger partial charge in [-0.25, -0.2) is 4.68 Å². The van der Waals surface area contributed by atoms with E-state index in [1.807, 2.05) is 55.1 Å². The number of aliphatic carboxylic acids is 1. The highest BCUT2D eigenvalue weighted by atomic mass is 16.4. The standard InChI is InChI=1S/C21H24N4O3/c1-15-19(9-10-20(26)27)16(2)25(23-15)18-7-5-17(6-8-18)21(28)22-11-14-24-12-3-4-13-24/h3-8,12-13H,9-11,14H2,1-2H3,(H,22,28)(H,26,27). The molecule has 1 amide bonds. The summed E-state index contributed by atoms with van der Waals surface area (Å²) in [6.45, 7) is 5.09. The zero-order valence-electron chi connectivity index (χ0n) is 16.1. The number of carboxylic acids is 1. The lowest BCUT2D eigenvalue weighted by atomic mass is 10.1. The number of aryl methyl sites for hydroxylation is 1. The minimum atomic E-state index is -0.821. The Kier molecular flexibility index (Phi) is 5.93. The molecule has 0 fully saturated rings. The van der Waals surface area contributed by atoms with Crippen LogP contribution in [-0.4, -0.2) is 37.9 Å². The minimum Gasteiger partial charge on any atom is -0.481 e. The second-order valence-corrected chi connectivity index (χ2v) is 6.68. The minimum absolute atomic E-state index is 0.0789. The molecule has 1 aromatic carbocycles. The predicted octanol–water partition coefficient (Wildman–Crippen LogP) is 2.74. The number of carboxylic acid groups (broad SMARTS) is 1. The van der Waals surface area contributed by atoms with Gasteiger partial charge in [-0.3, -0.25) is 9.59 Å². The Morgan fingerprint density at radius 2 is 1.79 bits per heavy atom. The molecular formula is C21H24N4O3. The van der Waals surface area contributed by atoms with Crippen LogP contribution in [0.2, 0.25) is 0 Å². The first-order valence-electron chi connectivity index (χ1n) is 9.22. The van der Waals surface area contributed by atoms with E-state index in [4.69, 9.17) is 5.11 Å². The van der Waals surface area contributed by atoms with Crippen LogP contribution >= 0.6 is 0 Å². The first-order chi connectivity index (χ1) is 13.5. The molecular weight excluding hydrogens is 356 g/mol. The molecule has 2 heterocycles. The summed E-state index contributed by atoms with van der Waals surface area (Å²) in [5, 5.41) is 16.4. The molecule has 0 aliphatic carbocycles. The van der Waals surface area contributed by atoms with Crippen molar-refractivity contribution in [2.45, 2.75) is 33.2 Å². The number of benzene rings is 1. The number of amides is 1. The fourth-order valence-electron chi connectivity index (χ4n) is 3.19. The topological polar surface area (TPSA) is 89.2 Å². The number of aromatic nitrogens is 3. The number of hydrogen-bond acceptors (Lipinski definition) is 3. The van der Waals surface area contributed by atoms with Crippen molar-refractivity contribution < 1.29 is 14.7 Å². The van der Waals surface area contributed by atoms with Crippen LogP contribution in [0, 0.1) is 13.8 Å². The van der Waals surface area contributed by atoms with Gasteiger partial charge >= 0.3 is 5.97 Å². The Labute approximate surface area is 163 Å². The molecule has 0 saturated carbocycles. The van der Waals surface area contributed by atoms with Crippen molar-refractivity contribution in [2.24, 2.45) is 0 Å². The lowest BCUT2D eigenvalue weighted by Gasteiger charge is -2.08.